The van der Waals surface area contributed by atoms with E-state index in [0.29, 0.717) is 11.4 Å². The standard InChI is InChI=1S/C31H37ClFN3O4S/c1-4-23(2)34-31(38)29(21-24-12-6-5-7-13-24)35(22-25-14-10-15-26(32)20-25)30(37)18-11-19-36(41(3,39)40)28-17-9-8-16-27(28)33/h5-10,12-17,20,23,29H,4,11,18-19,21-22H2,1-3H3,(H,34,38)/t23-,29+/m1/s1. The summed E-state index contributed by atoms with van der Waals surface area (Å²) in [5.41, 5.74) is 1.57. The summed E-state index contributed by atoms with van der Waals surface area (Å²) in [6, 6.07) is 21.3. The first-order valence-electron chi connectivity index (χ1n) is 13.6. The second-order valence-corrected chi connectivity index (χ2v) is 12.4. The van der Waals surface area contributed by atoms with Gasteiger partial charge in [-0.05, 0) is 55.2 Å². The van der Waals surface area contributed by atoms with Crippen LogP contribution in [0.1, 0.15) is 44.2 Å². The lowest BCUT2D eigenvalue weighted by Gasteiger charge is -2.32. The Hall–Kier alpha value is -3.43. The van der Waals surface area contributed by atoms with Crippen LogP contribution < -0.4 is 9.62 Å². The van der Waals surface area contributed by atoms with E-state index in [-0.39, 0.29) is 49.5 Å². The lowest BCUT2D eigenvalue weighted by Crippen LogP contribution is -2.52. The van der Waals surface area contributed by atoms with Gasteiger partial charge in [0.15, 0.2) is 0 Å². The number of carbonyl (C=O) groups excluding carboxylic acids is 2. The van der Waals surface area contributed by atoms with Crippen molar-refractivity contribution in [3.05, 3.63) is 101 Å². The minimum absolute atomic E-state index is 0.0526. The molecule has 0 fully saturated rings. The van der Waals surface area contributed by atoms with Gasteiger partial charge in [0, 0.05) is 37.0 Å². The van der Waals surface area contributed by atoms with Gasteiger partial charge >= 0.3 is 0 Å². The Labute approximate surface area is 247 Å². The van der Waals surface area contributed by atoms with Gasteiger partial charge in [-0.15, -0.1) is 0 Å². The molecule has 0 radical (unpaired) electrons. The van der Waals surface area contributed by atoms with E-state index in [1.54, 1.807) is 24.3 Å². The van der Waals surface area contributed by atoms with E-state index in [9.17, 15) is 22.4 Å². The number of hydrogen-bond acceptors (Lipinski definition) is 4. The molecule has 220 valence electrons. The zero-order chi connectivity index (χ0) is 30.0. The van der Waals surface area contributed by atoms with Crippen LogP contribution in [0, 0.1) is 5.82 Å². The quantitative estimate of drug-likeness (QED) is 0.261. The molecule has 2 amide bonds. The molecular formula is C31H37ClFN3O4S. The summed E-state index contributed by atoms with van der Waals surface area (Å²) in [5.74, 6) is -1.27. The van der Waals surface area contributed by atoms with E-state index >= 15 is 0 Å². The van der Waals surface area contributed by atoms with Crippen molar-refractivity contribution < 1.29 is 22.4 Å². The fourth-order valence-corrected chi connectivity index (χ4v) is 5.64. The second-order valence-electron chi connectivity index (χ2n) is 10.1. The van der Waals surface area contributed by atoms with E-state index in [1.807, 2.05) is 50.2 Å². The van der Waals surface area contributed by atoms with Crippen LogP contribution >= 0.6 is 11.6 Å². The molecule has 0 aromatic heterocycles. The van der Waals surface area contributed by atoms with Gasteiger partial charge in [-0.2, -0.15) is 0 Å². The number of sulfonamides is 1. The topological polar surface area (TPSA) is 86.8 Å². The summed E-state index contributed by atoms with van der Waals surface area (Å²) in [7, 11) is -3.81. The van der Waals surface area contributed by atoms with Crippen LogP contribution in [-0.2, 0) is 32.6 Å². The van der Waals surface area contributed by atoms with Crippen LogP contribution in [0.4, 0.5) is 10.1 Å². The van der Waals surface area contributed by atoms with Crippen molar-refractivity contribution in [1.29, 1.82) is 0 Å². The van der Waals surface area contributed by atoms with Gasteiger partial charge < -0.3 is 10.2 Å². The van der Waals surface area contributed by atoms with Gasteiger partial charge in [0.25, 0.3) is 0 Å². The molecular weight excluding hydrogens is 565 g/mol. The van der Waals surface area contributed by atoms with E-state index < -0.39 is 21.9 Å². The molecule has 41 heavy (non-hydrogen) atoms. The smallest absolute Gasteiger partial charge is 0.243 e. The average molecular weight is 602 g/mol. The molecule has 2 atom stereocenters. The van der Waals surface area contributed by atoms with Crippen LogP contribution in [0.5, 0.6) is 0 Å². The Morgan fingerprint density at radius 1 is 0.976 bits per heavy atom. The second kappa shape index (κ2) is 15.0. The van der Waals surface area contributed by atoms with Crippen molar-refractivity contribution in [2.75, 3.05) is 17.1 Å². The predicted octanol–water partition coefficient (Wildman–Crippen LogP) is 5.58. The molecule has 1 N–H and O–H groups in total. The number of halogens is 2. The Bertz CT molecular complexity index is 1420. The molecule has 0 spiro atoms. The minimum Gasteiger partial charge on any atom is -0.352 e. The molecule has 3 aromatic rings. The Morgan fingerprint density at radius 2 is 1.63 bits per heavy atom. The Balaban J connectivity index is 1.90. The number of benzene rings is 3. The fourth-order valence-electron chi connectivity index (χ4n) is 4.46. The highest BCUT2D eigenvalue weighted by atomic mass is 35.5. The van der Waals surface area contributed by atoms with Crippen molar-refractivity contribution in [1.82, 2.24) is 10.2 Å². The summed E-state index contributed by atoms with van der Waals surface area (Å²) in [6.45, 7) is 3.91. The lowest BCUT2D eigenvalue weighted by molar-refractivity contribution is -0.141. The van der Waals surface area contributed by atoms with E-state index in [2.05, 4.69) is 5.32 Å². The molecule has 3 rings (SSSR count). The van der Waals surface area contributed by atoms with E-state index in [0.717, 1.165) is 28.1 Å². The highest BCUT2D eigenvalue weighted by Crippen LogP contribution is 2.23. The van der Waals surface area contributed by atoms with Crippen LogP contribution in [-0.4, -0.2) is 50.0 Å². The van der Waals surface area contributed by atoms with Gasteiger partial charge in [0.1, 0.15) is 11.9 Å². The molecule has 0 saturated heterocycles. The third-order valence-electron chi connectivity index (χ3n) is 6.79. The third kappa shape index (κ3) is 9.57. The molecule has 10 heteroatoms. The molecule has 0 aliphatic carbocycles. The first kappa shape index (κ1) is 32.1. The van der Waals surface area contributed by atoms with Crippen LogP contribution in [0.15, 0.2) is 78.9 Å². The summed E-state index contributed by atoms with van der Waals surface area (Å²) in [5, 5.41) is 3.52. The molecule has 3 aromatic carbocycles. The number of anilines is 1. The van der Waals surface area contributed by atoms with Gasteiger partial charge in [-0.1, -0.05) is 73.1 Å². The zero-order valence-corrected chi connectivity index (χ0v) is 25.2. The van der Waals surface area contributed by atoms with E-state index in [4.69, 9.17) is 11.6 Å². The fraction of sp³-hybridized carbons (Fsp3) is 0.355. The number of amides is 2. The molecule has 7 nitrogen and oxygen atoms in total. The predicted molar refractivity (Wildman–Crippen MR) is 162 cm³/mol. The molecule has 0 saturated carbocycles. The molecule has 0 unspecified atom stereocenters. The highest BCUT2D eigenvalue weighted by molar-refractivity contribution is 7.92. The molecule has 0 heterocycles. The monoisotopic (exact) mass is 601 g/mol. The zero-order valence-electron chi connectivity index (χ0n) is 23.6. The number of nitrogens with zero attached hydrogens (tertiary/aromatic N) is 2. The normalized spacial score (nSPS) is 12.8. The summed E-state index contributed by atoms with van der Waals surface area (Å²) >= 11 is 6.22. The van der Waals surface area contributed by atoms with Crippen molar-refractivity contribution in [3.63, 3.8) is 0 Å². The Kier molecular flexibility index (Phi) is 11.7. The number of rotatable bonds is 14. The van der Waals surface area contributed by atoms with Crippen LogP contribution in [0.2, 0.25) is 5.02 Å². The summed E-state index contributed by atoms with van der Waals surface area (Å²) in [4.78, 5) is 29.0. The van der Waals surface area contributed by atoms with E-state index in [1.165, 1.54) is 23.1 Å². The van der Waals surface area contributed by atoms with Crippen LogP contribution in [0.25, 0.3) is 0 Å². The Morgan fingerprint density at radius 3 is 2.27 bits per heavy atom. The maximum Gasteiger partial charge on any atom is 0.243 e. The SMILES string of the molecule is CC[C@@H](C)NC(=O)[C@H](Cc1ccccc1)N(Cc1cccc(Cl)c1)C(=O)CCCN(c1ccccc1F)S(C)(=O)=O. The average Bonchev–Trinajstić information content (AvgIpc) is 2.93. The molecule has 0 bridgehead atoms. The van der Waals surface area contributed by atoms with Crippen molar-refractivity contribution in [2.24, 2.45) is 0 Å². The van der Waals surface area contributed by atoms with Crippen LogP contribution in [0.3, 0.4) is 0 Å². The number of hydrogen-bond donors (Lipinski definition) is 1. The lowest BCUT2D eigenvalue weighted by atomic mass is 10.0. The maximum absolute atomic E-state index is 14.5. The van der Waals surface area contributed by atoms with Gasteiger partial charge in [0.05, 0.1) is 11.9 Å². The number of carbonyl (C=O) groups is 2. The number of para-hydroxylation sites is 1. The molecule has 0 aliphatic rings. The summed E-state index contributed by atoms with van der Waals surface area (Å²) < 4.78 is 40.4. The van der Waals surface area contributed by atoms with Gasteiger partial charge in [-0.3, -0.25) is 13.9 Å². The first-order valence-corrected chi connectivity index (χ1v) is 15.8. The first-order chi connectivity index (χ1) is 19.5. The summed E-state index contributed by atoms with van der Waals surface area (Å²) in [6.07, 6.45) is 2.09. The van der Waals surface area contributed by atoms with Crippen molar-refractivity contribution in [3.8, 4) is 0 Å². The largest absolute Gasteiger partial charge is 0.352 e. The number of nitrogens with one attached hydrogen (secondary N) is 1. The minimum atomic E-state index is -3.81. The van der Waals surface area contributed by atoms with Gasteiger partial charge in [0.2, 0.25) is 21.8 Å². The third-order valence-corrected chi connectivity index (χ3v) is 8.20. The van der Waals surface area contributed by atoms with Crippen molar-refractivity contribution in [2.45, 2.75) is 58.2 Å². The van der Waals surface area contributed by atoms with Gasteiger partial charge in [-0.25, -0.2) is 12.8 Å². The molecule has 0 aliphatic heterocycles. The maximum atomic E-state index is 14.5. The highest BCUT2D eigenvalue weighted by Gasteiger charge is 2.31. The van der Waals surface area contributed by atoms with Crippen molar-refractivity contribution >= 4 is 39.1 Å².